The van der Waals surface area contributed by atoms with E-state index in [4.69, 9.17) is 33.0 Å². The van der Waals surface area contributed by atoms with Gasteiger partial charge in [0.15, 0.2) is 5.11 Å². The first-order valence-corrected chi connectivity index (χ1v) is 6.54. The van der Waals surface area contributed by atoms with Gasteiger partial charge in [0.05, 0.1) is 13.7 Å². The quantitative estimate of drug-likeness (QED) is 0.664. The van der Waals surface area contributed by atoms with Crippen molar-refractivity contribution in [2.24, 2.45) is 0 Å². The number of halogens is 1. The van der Waals surface area contributed by atoms with Gasteiger partial charge in [0.2, 0.25) is 11.8 Å². The zero-order chi connectivity index (χ0) is 14.5. The van der Waals surface area contributed by atoms with Crippen molar-refractivity contribution in [2.75, 3.05) is 12.4 Å². The first-order valence-electron chi connectivity index (χ1n) is 5.75. The number of ether oxygens (including phenoxy) is 1. The van der Waals surface area contributed by atoms with E-state index in [1.165, 1.54) is 13.2 Å². The summed E-state index contributed by atoms with van der Waals surface area (Å²) in [4.78, 5) is 8.06. The molecule has 2 heterocycles. The molecule has 0 aromatic carbocycles. The Labute approximate surface area is 126 Å². The average Bonchev–Trinajstić information content (AvgIpc) is 2.81. The summed E-state index contributed by atoms with van der Waals surface area (Å²) in [5.41, 5.74) is 0. The molecular formula is C12H13ClN4O2S. The van der Waals surface area contributed by atoms with Crippen LogP contribution < -0.4 is 15.4 Å². The van der Waals surface area contributed by atoms with Crippen LogP contribution >= 0.6 is 23.8 Å². The van der Waals surface area contributed by atoms with Gasteiger partial charge < -0.3 is 19.8 Å². The number of nitrogens with zero attached hydrogens (tertiary/aromatic N) is 2. The number of aryl methyl sites for hydroxylation is 1. The van der Waals surface area contributed by atoms with Gasteiger partial charge in [-0.15, -0.1) is 0 Å². The highest BCUT2D eigenvalue weighted by molar-refractivity contribution is 7.80. The van der Waals surface area contributed by atoms with E-state index in [0.717, 1.165) is 11.5 Å². The molecule has 0 aliphatic carbocycles. The van der Waals surface area contributed by atoms with Crippen molar-refractivity contribution in [1.29, 1.82) is 0 Å². The maximum absolute atomic E-state index is 5.84. The normalized spacial score (nSPS) is 10.2. The number of rotatable bonds is 4. The molecule has 2 aromatic rings. The van der Waals surface area contributed by atoms with Crippen molar-refractivity contribution < 1.29 is 9.15 Å². The van der Waals surface area contributed by atoms with E-state index in [1.807, 2.05) is 19.1 Å². The molecule has 0 saturated carbocycles. The SMILES string of the molecule is COc1cc(Cl)nc(NC(=S)NCc2ccc(C)o2)n1. The smallest absolute Gasteiger partial charge is 0.233 e. The summed E-state index contributed by atoms with van der Waals surface area (Å²) in [5.74, 6) is 2.26. The minimum absolute atomic E-state index is 0.266. The molecule has 0 amide bonds. The lowest BCUT2D eigenvalue weighted by Gasteiger charge is -2.09. The zero-order valence-electron chi connectivity index (χ0n) is 10.9. The molecule has 0 saturated heterocycles. The molecule has 6 nitrogen and oxygen atoms in total. The Hall–Kier alpha value is -1.86. The van der Waals surface area contributed by atoms with Crippen LogP contribution in [0.15, 0.2) is 22.6 Å². The van der Waals surface area contributed by atoms with Crippen LogP contribution in [0.3, 0.4) is 0 Å². The number of nitrogens with one attached hydrogen (secondary N) is 2. The highest BCUT2D eigenvalue weighted by Gasteiger charge is 2.06. The zero-order valence-corrected chi connectivity index (χ0v) is 12.5. The minimum Gasteiger partial charge on any atom is -0.481 e. The molecule has 0 aliphatic heterocycles. The number of hydrogen-bond acceptors (Lipinski definition) is 5. The monoisotopic (exact) mass is 312 g/mol. The molecule has 0 spiro atoms. The lowest BCUT2D eigenvalue weighted by Crippen LogP contribution is -2.28. The fraction of sp³-hybridized carbons (Fsp3) is 0.250. The Bertz CT molecular complexity index is 617. The molecule has 20 heavy (non-hydrogen) atoms. The predicted molar refractivity (Wildman–Crippen MR) is 80.1 cm³/mol. The van der Waals surface area contributed by atoms with Gasteiger partial charge in [-0.3, -0.25) is 0 Å². The van der Waals surface area contributed by atoms with E-state index in [9.17, 15) is 0 Å². The highest BCUT2D eigenvalue weighted by atomic mass is 35.5. The summed E-state index contributed by atoms with van der Waals surface area (Å²) in [6, 6.07) is 5.27. The van der Waals surface area contributed by atoms with Gasteiger partial charge in [-0.25, -0.2) is 4.98 Å². The summed E-state index contributed by atoms with van der Waals surface area (Å²) in [5, 5.41) is 6.44. The second-order valence-electron chi connectivity index (χ2n) is 3.88. The molecular weight excluding hydrogens is 300 g/mol. The van der Waals surface area contributed by atoms with E-state index in [1.54, 1.807) is 0 Å². The highest BCUT2D eigenvalue weighted by Crippen LogP contribution is 2.15. The van der Waals surface area contributed by atoms with Crippen LogP contribution in [0, 0.1) is 6.92 Å². The number of hydrogen-bond donors (Lipinski definition) is 2. The molecule has 2 rings (SSSR count). The first-order chi connectivity index (χ1) is 9.56. The predicted octanol–water partition coefficient (Wildman–Crippen LogP) is 2.53. The van der Waals surface area contributed by atoms with E-state index in [2.05, 4.69) is 20.6 Å². The third-order valence-corrected chi connectivity index (χ3v) is 2.77. The Morgan fingerprint density at radius 1 is 1.45 bits per heavy atom. The molecule has 2 aromatic heterocycles. The van der Waals surface area contributed by atoms with Crippen molar-refractivity contribution in [3.8, 4) is 5.88 Å². The van der Waals surface area contributed by atoms with Crippen molar-refractivity contribution in [3.63, 3.8) is 0 Å². The summed E-state index contributed by atoms with van der Waals surface area (Å²) in [7, 11) is 1.50. The van der Waals surface area contributed by atoms with Crippen LogP contribution in [0.1, 0.15) is 11.5 Å². The molecule has 8 heteroatoms. The van der Waals surface area contributed by atoms with Crippen LogP contribution in [0.5, 0.6) is 5.88 Å². The van der Waals surface area contributed by atoms with Gasteiger partial charge in [-0.1, -0.05) is 11.6 Å². The van der Waals surface area contributed by atoms with Crippen molar-refractivity contribution in [3.05, 3.63) is 34.9 Å². The van der Waals surface area contributed by atoms with Gasteiger partial charge in [0.1, 0.15) is 16.7 Å². The van der Waals surface area contributed by atoms with E-state index in [-0.39, 0.29) is 11.1 Å². The summed E-state index contributed by atoms with van der Waals surface area (Å²) >= 11 is 11.0. The first kappa shape index (κ1) is 14.5. The summed E-state index contributed by atoms with van der Waals surface area (Å²) in [6.07, 6.45) is 0. The van der Waals surface area contributed by atoms with Crippen LogP contribution in [0.25, 0.3) is 0 Å². The topological polar surface area (TPSA) is 72.2 Å². The van der Waals surface area contributed by atoms with Crippen LogP contribution in [0.2, 0.25) is 5.15 Å². The fourth-order valence-electron chi connectivity index (χ4n) is 1.45. The molecule has 0 bridgehead atoms. The third-order valence-electron chi connectivity index (χ3n) is 2.33. The lowest BCUT2D eigenvalue weighted by atomic mass is 10.4. The Kier molecular flexibility index (Phi) is 4.75. The number of methoxy groups -OCH3 is 1. The fourth-order valence-corrected chi connectivity index (χ4v) is 1.79. The number of anilines is 1. The molecule has 2 N–H and O–H groups in total. The second-order valence-corrected chi connectivity index (χ2v) is 4.67. The van der Waals surface area contributed by atoms with Gasteiger partial charge >= 0.3 is 0 Å². The van der Waals surface area contributed by atoms with Crippen LogP contribution in [-0.2, 0) is 6.54 Å². The minimum atomic E-state index is 0.266. The number of aromatic nitrogens is 2. The van der Waals surface area contributed by atoms with Gasteiger partial charge in [0.25, 0.3) is 0 Å². The van der Waals surface area contributed by atoms with Crippen molar-refractivity contribution in [2.45, 2.75) is 13.5 Å². The Morgan fingerprint density at radius 2 is 2.25 bits per heavy atom. The molecule has 0 radical (unpaired) electrons. The Balaban J connectivity index is 1.92. The number of thiocarbonyl (C=S) groups is 1. The largest absolute Gasteiger partial charge is 0.481 e. The maximum atomic E-state index is 5.84. The average molecular weight is 313 g/mol. The van der Waals surface area contributed by atoms with Crippen molar-refractivity contribution >= 4 is 34.9 Å². The maximum Gasteiger partial charge on any atom is 0.233 e. The molecule has 0 fully saturated rings. The summed E-state index contributed by atoms with van der Waals surface area (Å²) < 4.78 is 10.4. The van der Waals surface area contributed by atoms with Crippen LogP contribution in [0.4, 0.5) is 5.95 Å². The molecule has 106 valence electrons. The molecule has 0 atom stereocenters. The number of furan rings is 1. The van der Waals surface area contributed by atoms with Gasteiger partial charge in [-0.05, 0) is 31.3 Å². The second kappa shape index (κ2) is 6.53. The van der Waals surface area contributed by atoms with E-state index >= 15 is 0 Å². The summed E-state index contributed by atoms with van der Waals surface area (Å²) in [6.45, 7) is 2.35. The molecule has 0 unspecified atom stereocenters. The third kappa shape index (κ3) is 4.07. The Morgan fingerprint density at radius 3 is 2.90 bits per heavy atom. The van der Waals surface area contributed by atoms with E-state index < -0.39 is 0 Å². The van der Waals surface area contributed by atoms with Gasteiger partial charge in [0, 0.05) is 6.07 Å². The molecule has 0 aliphatic rings. The van der Waals surface area contributed by atoms with E-state index in [0.29, 0.717) is 17.5 Å². The van der Waals surface area contributed by atoms with Crippen LogP contribution in [-0.4, -0.2) is 22.2 Å². The lowest BCUT2D eigenvalue weighted by molar-refractivity contribution is 0.397. The standard InChI is InChI=1S/C12H13ClN4O2S/c1-7-3-4-8(19-7)6-14-12(20)17-11-15-9(13)5-10(16-11)18-2/h3-5H,6H2,1-2H3,(H2,14,15,16,17,20). The van der Waals surface area contributed by atoms with Gasteiger partial charge in [-0.2, -0.15) is 4.98 Å². The van der Waals surface area contributed by atoms with Crippen molar-refractivity contribution in [1.82, 2.24) is 15.3 Å².